The molecule has 0 unspecified atom stereocenters. The van der Waals surface area contributed by atoms with Crippen LogP contribution in [0, 0.1) is 35.0 Å². The van der Waals surface area contributed by atoms with Crippen molar-refractivity contribution in [3.05, 3.63) is 35.9 Å². The maximum Gasteiger partial charge on any atom is 0.226 e. The molecule has 1 aromatic carbocycles. The fourth-order valence-corrected chi connectivity index (χ4v) is 5.37. The zero-order valence-corrected chi connectivity index (χ0v) is 13.0. The molecule has 1 N–H and O–H groups in total. The van der Waals surface area contributed by atoms with E-state index in [1.807, 2.05) is 30.3 Å². The van der Waals surface area contributed by atoms with Crippen LogP contribution < -0.4 is 5.32 Å². The molecule has 1 aromatic rings. The molecule has 5 rings (SSSR count). The summed E-state index contributed by atoms with van der Waals surface area (Å²) in [7, 11) is 0. The minimum atomic E-state index is -0.0524. The number of hydrogen-bond acceptors (Lipinski definition) is 1. The van der Waals surface area contributed by atoms with Crippen molar-refractivity contribution in [2.75, 3.05) is 6.54 Å². The second-order valence-corrected chi connectivity index (χ2v) is 7.55. The van der Waals surface area contributed by atoms with Crippen molar-refractivity contribution < 1.29 is 4.79 Å². The van der Waals surface area contributed by atoms with Gasteiger partial charge in [0.05, 0.1) is 6.54 Å². The Morgan fingerprint density at radius 3 is 2.23 bits per heavy atom. The van der Waals surface area contributed by atoms with Gasteiger partial charge in [-0.25, -0.2) is 0 Å². The van der Waals surface area contributed by atoms with Crippen molar-refractivity contribution in [3.8, 4) is 11.8 Å². The average Bonchev–Trinajstić information content (AvgIpc) is 2.51. The number of carbonyl (C=O) groups is 1. The summed E-state index contributed by atoms with van der Waals surface area (Å²) in [6.45, 7) is 0.468. The third kappa shape index (κ3) is 2.54. The van der Waals surface area contributed by atoms with Crippen molar-refractivity contribution in [1.82, 2.24) is 5.32 Å². The van der Waals surface area contributed by atoms with E-state index in [9.17, 15) is 4.79 Å². The second-order valence-electron chi connectivity index (χ2n) is 7.55. The molecule has 114 valence electrons. The van der Waals surface area contributed by atoms with Gasteiger partial charge in [-0.1, -0.05) is 30.0 Å². The van der Waals surface area contributed by atoms with Gasteiger partial charge in [0, 0.05) is 11.0 Å². The highest BCUT2D eigenvalue weighted by atomic mass is 16.2. The Kier molecular flexibility index (Phi) is 3.45. The molecule has 2 nitrogen and oxygen atoms in total. The lowest BCUT2D eigenvalue weighted by molar-refractivity contribution is -0.145. The van der Waals surface area contributed by atoms with Crippen molar-refractivity contribution in [3.63, 3.8) is 0 Å². The van der Waals surface area contributed by atoms with Gasteiger partial charge in [0.2, 0.25) is 5.91 Å². The number of benzene rings is 1. The van der Waals surface area contributed by atoms with Crippen LogP contribution in [0.2, 0.25) is 0 Å². The van der Waals surface area contributed by atoms with Gasteiger partial charge in [-0.05, 0) is 68.4 Å². The van der Waals surface area contributed by atoms with Crippen LogP contribution >= 0.6 is 0 Å². The van der Waals surface area contributed by atoms with E-state index in [0.29, 0.717) is 6.54 Å². The van der Waals surface area contributed by atoms with Gasteiger partial charge < -0.3 is 5.32 Å². The van der Waals surface area contributed by atoms with Crippen molar-refractivity contribution in [2.45, 2.75) is 38.5 Å². The van der Waals surface area contributed by atoms with Crippen LogP contribution in [0.5, 0.6) is 0 Å². The summed E-state index contributed by atoms with van der Waals surface area (Å²) >= 11 is 0. The van der Waals surface area contributed by atoms with E-state index in [1.54, 1.807) is 0 Å². The van der Waals surface area contributed by atoms with Crippen LogP contribution in [0.1, 0.15) is 44.1 Å². The molecule has 4 fully saturated rings. The van der Waals surface area contributed by atoms with Crippen LogP contribution in [0.25, 0.3) is 0 Å². The van der Waals surface area contributed by atoms with Crippen LogP contribution in [0.3, 0.4) is 0 Å². The zero-order chi connectivity index (χ0) is 15.0. The molecule has 0 radical (unpaired) electrons. The van der Waals surface area contributed by atoms with Crippen molar-refractivity contribution in [1.29, 1.82) is 0 Å². The Morgan fingerprint density at radius 1 is 1.05 bits per heavy atom. The molecule has 0 aromatic heterocycles. The van der Waals surface area contributed by atoms with Gasteiger partial charge in [-0.15, -0.1) is 0 Å². The fourth-order valence-electron chi connectivity index (χ4n) is 5.37. The molecular formula is C20H23NO. The maximum absolute atomic E-state index is 12.7. The Bertz CT molecular complexity index is 587. The Balaban J connectivity index is 1.38. The molecule has 1 amide bonds. The molecule has 4 bridgehead atoms. The van der Waals surface area contributed by atoms with Crippen molar-refractivity contribution in [2.24, 2.45) is 23.2 Å². The molecule has 0 spiro atoms. The van der Waals surface area contributed by atoms with E-state index in [4.69, 9.17) is 0 Å². The summed E-state index contributed by atoms with van der Waals surface area (Å²) in [6.07, 6.45) is 7.49. The summed E-state index contributed by atoms with van der Waals surface area (Å²) in [4.78, 5) is 12.7. The van der Waals surface area contributed by atoms with Gasteiger partial charge in [0.1, 0.15) is 0 Å². The minimum absolute atomic E-state index is 0.0524. The third-order valence-corrected chi connectivity index (χ3v) is 5.86. The molecule has 4 aliphatic carbocycles. The third-order valence-electron chi connectivity index (χ3n) is 5.86. The van der Waals surface area contributed by atoms with E-state index in [0.717, 1.165) is 42.6 Å². The Labute approximate surface area is 132 Å². The van der Waals surface area contributed by atoms with Gasteiger partial charge >= 0.3 is 0 Å². The molecule has 4 saturated carbocycles. The van der Waals surface area contributed by atoms with Gasteiger partial charge in [-0.3, -0.25) is 4.79 Å². The predicted octanol–water partition coefficient (Wildman–Crippen LogP) is 3.37. The van der Waals surface area contributed by atoms with Crippen LogP contribution in [0.4, 0.5) is 0 Å². The number of nitrogens with one attached hydrogen (secondary N) is 1. The number of hydrogen-bond donors (Lipinski definition) is 1. The first-order valence-electron chi connectivity index (χ1n) is 8.56. The van der Waals surface area contributed by atoms with Gasteiger partial charge in [-0.2, -0.15) is 0 Å². The molecule has 2 heteroatoms. The van der Waals surface area contributed by atoms with E-state index in [2.05, 4.69) is 17.2 Å². The number of carbonyl (C=O) groups excluding carboxylic acids is 1. The largest absolute Gasteiger partial charge is 0.345 e. The minimum Gasteiger partial charge on any atom is -0.345 e. The normalized spacial score (nSPS) is 34.8. The monoisotopic (exact) mass is 293 g/mol. The number of amides is 1. The molecule has 0 atom stereocenters. The Hall–Kier alpha value is -1.75. The summed E-state index contributed by atoms with van der Waals surface area (Å²) in [5, 5.41) is 3.10. The molecular weight excluding hydrogens is 270 g/mol. The van der Waals surface area contributed by atoms with Gasteiger partial charge in [0.25, 0.3) is 0 Å². The standard InChI is InChI=1S/C20H23NO/c22-19(21-8-4-7-15-5-2-1-3-6-15)20-12-16-9-17(13-20)11-18(10-16)14-20/h1-3,5-6,16-18H,8-14H2,(H,21,22). The zero-order valence-electron chi connectivity index (χ0n) is 13.0. The summed E-state index contributed by atoms with van der Waals surface area (Å²) in [6, 6.07) is 9.94. The maximum atomic E-state index is 12.7. The SMILES string of the molecule is O=C(NCC#Cc1ccccc1)C12CC3CC(CC(C3)C1)C2. The molecule has 0 saturated heterocycles. The first-order valence-corrected chi connectivity index (χ1v) is 8.56. The quantitative estimate of drug-likeness (QED) is 0.832. The lowest BCUT2D eigenvalue weighted by Gasteiger charge is -2.55. The number of rotatable bonds is 2. The summed E-state index contributed by atoms with van der Waals surface area (Å²) < 4.78 is 0. The molecule has 0 heterocycles. The van der Waals surface area contributed by atoms with Crippen LogP contribution in [0.15, 0.2) is 30.3 Å². The first kappa shape index (κ1) is 13.9. The van der Waals surface area contributed by atoms with Gasteiger partial charge in [0.15, 0.2) is 0 Å². The molecule has 22 heavy (non-hydrogen) atoms. The van der Waals surface area contributed by atoms with Crippen LogP contribution in [-0.4, -0.2) is 12.5 Å². The Morgan fingerprint density at radius 2 is 1.64 bits per heavy atom. The average molecular weight is 293 g/mol. The highest BCUT2D eigenvalue weighted by molar-refractivity contribution is 5.83. The fraction of sp³-hybridized carbons (Fsp3) is 0.550. The lowest BCUT2D eigenvalue weighted by atomic mass is 9.49. The molecule has 4 aliphatic rings. The second kappa shape index (κ2) is 5.47. The topological polar surface area (TPSA) is 29.1 Å². The first-order chi connectivity index (χ1) is 10.7. The van der Waals surface area contributed by atoms with E-state index >= 15 is 0 Å². The lowest BCUT2D eigenvalue weighted by Crippen LogP contribution is -2.53. The van der Waals surface area contributed by atoms with Crippen molar-refractivity contribution >= 4 is 5.91 Å². The highest BCUT2D eigenvalue weighted by Gasteiger charge is 2.54. The molecule has 0 aliphatic heterocycles. The van der Waals surface area contributed by atoms with E-state index in [1.165, 1.54) is 19.3 Å². The van der Waals surface area contributed by atoms with Crippen LogP contribution in [-0.2, 0) is 4.79 Å². The smallest absolute Gasteiger partial charge is 0.226 e. The van der Waals surface area contributed by atoms with E-state index in [-0.39, 0.29) is 11.3 Å². The predicted molar refractivity (Wildman–Crippen MR) is 86.9 cm³/mol. The summed E-state index contributed by atoms with van der Waals surface area (Å²) in [5.74, 6) is 8.90. The highest BCUT2D eigenvalue weighted by Crippen LogP contribution is 2.60. The summed E-state index contributed by atoms with van der Waals surface area (Å²) in [5.41, 5.74) is 0.954. The van der Waals surface area contributed by atoms with E-state index < -0.39 is 0 Å².